The van der Waals surface area contributed by atoms with Crippen LogP contribution in [-0.4, -0.2) is 27.5 Å². The summed E-state index contributed by atoms with van der Waals surface area (Å²) in [7, 11) is 1.60. The highest BCUT2D eigenvalue weighted by Gasteiger charge is 2.01. The number of nitrogens with zero attached hydrogens (tertiary/aromatic N) is 3. The fourth-order valence-electron chi connectivity index (χ4n) is 0.978. The predicted molar refractivity (Wildman–Crippen MR) is 46.2 cm³/mol. The molecule has 0 aromatic carbocycles. The molecule has 2 heterocycles. The minimum absolute atomic E-state index is 0.725. The molecule has 66 valence electrons. The molecule has 0 bridgehead atoms. The minimum Gasteiger partial charge on any atom is -0.495 e. The first-order valence-corrected chi connectivity index (χ1v) is 3.76. The largest absolute Gasteiger partial charge is 0.495 e. The van der Waals surface area contributed by atoms with Crippen molar-refractivity contribution in [1.29, 1.82) is 0 Å². The monoisotopic (exact) mass is 176 g/mol. The second kappa shape index (κ2) is 3.22. The van der Waals surface area contributed by atoms with E-state index in [9.17, 15) is 0 Å². The van der Waals surface area contributed by atoms with Gasteiger partial charge in [-0.15, -0.1) is 0 Å². The second-order valence-corrected chi connectivity index (χ2v) is 2.44. The normalized spacial score (nSPS) is 9.92. The van der Waals surface area contributed by atoms with Crippen molar-refractivity contribution in [2.75, 3.05) is 7.11 Å². The van der Waals surface area contributed by atoms with Crippen LogP contribution in [0.25, 0.3) is 11.4 Å². The van der Waals surface area contributed by atoms with Gasteiger partial charge >= 0.3 is 0 Å². The van der Waals surface area contributed by atoms with Gasteiger partial charge in [-0.25, -0.2) is 0 Å². The van der Waals surface area contributed by atoms with Crippen molar-refractivity contribution in [2.45, 2.75) is 0 Å². The molecular weight excluding hydrogens is 168 g/mol. The smallest absolute Gasteiger partial charge is 0.137 e. The first-order chi connectivity index (χ1) is 6.40. The summed E-state index contributed by atoms with van der Waals surface area (Å²) in [6, 6.07) is 3.66. The third kappa shape index (κ3) is 1.48. The molecule has 5 nitrogen and oxygen atoms in total. The Balaban J connectivity index is 2.33. The molecule has 0 atom stereocenters. The summed E-state index contributed by atoms with van der Waals surface area (Å²) in [4.78, 5) is 4.14. The van der Waals surface area contributed by atoms with Crippen molar-refractivity contribution >= 4 is 0 Å². The Morgan fingerprint density at radius 1 is 1.23 bits per heavy atom. The highest BCUT2D eigenvalue weighted by atomic mass is 16.5. The number of nitrogens with one attached hydrogen (secondary N) is 1. The van der Waals surface area contributed by atoms with E-state index in [1.54, 1.807) is 19.5 Å². The summed E-state index contributed by atoms with van der Waals surface area (Å²) >= 11 is 0. The van der Waals surface area contributed by atoms with E-state index in [2.05, 4.69) is 20.4 Å². The topological polar surface area (TPSA) is 63.7 Å². The Morgan fingerprint density at radius 2 is 2.15 bits per heavy atom. The zero-order valence-corrected chi connectivity index (χ0v) is 7.06. The average Bonchev–Trinajstić information content (AvgIpc) is 2.71. The number of H-pyrrole nitrogens is 1. The molecule has 5 heteroatoms. The molecule has 2 rings (SSSR count). The maximum absolute atomic E-state index is 4.98. The van der Waals surface area contributed by atoms with E-state index in [1.165, 1.54) is 0 Å². The molecule has 0 unspecified atom stereocenters. The Bertz CT molecular complexity index is 368. The van der Waals surface area contributed by atoms with E-state index in [4.69, 9.17) is 4.74 Å². The highest BCUT2D eigenvalue weighted by Crippen LogP contribution is 2.15. The van der Waals surface area contributed by atoms with E-state index >= 15 is 0 Å². The fourth-order valence-corrected chi connectivity index (χ4v) is 0.978. The summed E-state index contributed by atoms with van der Waals surface area (Å²) in [5.41, 5.74) is 1.50. The number of aromatic nitrogens is 4. The molecule has 0 aliphatic heterocycles. The zero-order valence-electron chi connectivity index (χ0n) is 7.06. The van der Waals surface area contributed by atoms with Crippen LogP contribution in [0.15, 0.2) is 24.5 Å². The molecule has 1 N–H and O–H groups in total. The lowest BCUT2D eigenvalue weighted by atomic mass is 10.3. The highest BCUT2D eigenvalue weighted by molar-refractivity contribution is 5.52. The van der Waals surface area contributed by atoms with Crippen LogP contribution in [0.2, 0.25) is 0 Å². The molecule has 2 aromatic heterocycles. The van der Waals surface area contributed by atoms with Crippen molar-refractivity contribution in [2.24, 2.45) is 0 Å². The fraction of sp³-hybridized carbons (Fsp3) is 0.125. The van der Waals surface area contributed by atoms with Gasteiger partial charge in [-0.1, -0.05) is 0 Å². The van der Waals surface area contributed by atoms with Crippen molar-refractivity contribution in [3.05, 3.63) is 24.5 Å². The predicted octanol–water partition coefficient (Wildman–Crippen LogP) is 0.875. The van der Waals surface area contributed by atoms with Gasteiger partial charge in [0.2, 0.25) is 0 Å². The van der Waals surface area contributed by atoms with Crippen LogP contribution in [0.5, 0.6) is 5.75 Å². The van der Waals surface area contributed by atoms with Gasteiger partial charge in [-0.2, -0.15) is 15.4 Å². The van der Waals surface area contributed by atoms with Crippen LogP contribution < -0.4 is 4.74 Å². The number of hydrogen-bond donors (Lipinski definition) is 1. The Labute approximate surface area is 74.8 Å². The number of rotatable bonds is 2. The van der Waals surface area contributed by atoms with Gasteiger partial charge in [0.05, 0.1) is 25.2 Å². The van der Waals surface area contributed by atoms with Crippen molar-refractivity contribution in [3.8, 4) is 17.1 Å². The Morgan fingerprint density at radius 3 is 2.69 bits per heavy atom. The summed E-state index contributed by atoms with van der Waals surface area (Å²) in [5, 5.41) is 10.1. The number of hydrogen-bond acceptors (Lipinski definition) is 4. The molecule has 0 saturated heterocycles. The molecule has 2 aromatic rings. The summed E-state index contributed by atoms with van der Waals surface area (Å²) in [6.07, 6.45) is 3.26. The van der Waals surface area contributed by atoms with Crippen LogP contribution in [0.3, 0.4) is 0 Å². The standard InChI is InChI=1S/C8H8N4O/c1-13-6-2-3-7(9-4-6)8-5-10-12-11-8/h2-5H,1H3,(H,10,11,12). The van der Waals surface area contributed by atoms with E-state index in [-0.39, 0.29) is 0 Å². The molecule has 13 heavy (non-hydrogen) atoms. The van der Waals surface area contributed by atoms with Gasteiger partial charge in [0, 0.05) is 0 Å². The molecule has 0 fully saturated rings. The zero-order chi connectivity index (χ0) is 9.10. The third-order valence-corrected chi connectivity index (χ3v) is 1.65. The number of aromatic amines is 1. The van der Waals surface area contributed by atoms with Gasteiger partial charge in [0.15, 0.2) is 0 Å². The molecule has 0 aliphatic carbocycles. The van der Waals surface area contributed by atoms with Gasteiger partial charge in [0.25, 0.3) is 0 Å². The number of methoxy groups -OCH3 is 1. The van der Waals surface area contributed by atoms with Crippen LogP contribution in [-0.2, 0) is 0 Å². The van der Waals surface area contributed by atoms with E-state index in [0.29, 0.717) is 0 Å². The van der Waals surface area contributed by atoms with E-state index in [1.807, 2.05) is 12.1 Å². The Hall–Kier alpha value is -1.91. The van der Waals surface area contributed by atoms with Crippen LogP contribution in [0.4, 0.5) is 0 Å². The minimum atomic E-state index is 0.725. The second-order valence-electron chi connectivity index (χ2n) is 2.44. The molecule has 0 radical (unpaired) electrons. The summed E-state index contributed by atoms with van der Waals surface area (Å²) in [5.74, 6) is 0.729. The summed E-state index contributed by atoms with van der Waals surface area (Å²) < 4.78 is 4.98. The first-order valence-electron chi connectivity index (χ1n) is 3.76. The molecule has 0 spiro atoms. The van der Waals surface area contributed by atoms with Gasteiger partial charge in [-0.3, -0.25) is 4.98 Å². The molecule has 0 amide bonds. The average molecular weight is 176 g/mol. The maximum Gasteiger partial charge on any atom is 0.137 e. The quantitative estimate of drug-likeness (QED) is 0.737. The number of pyridine rings is 1. The maximum atomic E-state index is 4.98. The third-order valence-electron chi connectivity index (χ3n) is 1.65. The van der Waals surface area contributed by atoms with E-state index < -0.39 is 0 Å². The lowest BCUT2D eigenvalue weighted by Crippen LogP contribution is -1.86. The summed E-state index contributed by atoms with van der Waals surface area (Å²) in [6.45, 7) is 0. The SMILES string of the molecule is COc1ccc(-c2cn[nH]n2)nc1. The Kier molecular flexibility index (Phi) is 1.91. The van der Waals surface area contributed by atoms with Gasteiger partial charge in [0.1, 0.15) is 11.4 Å². The molecular formula is C8H8N4O. The van der Waals surface area contributed by atoms with Crippen LogP contribution in [0.1, 0.15) is 0 Å². The van der Waals surface area contributed by atoms with Crippen molar-refractivity contribution in [1.82, 2.24) is 20.4 Å². The van der Waals surface area contributed by atoms with Crippen LogP contribution in [0, 0.1) is 0 Å². The number of ether oxygens (including phenoxy) is 1. The molecule has 0 aliphatic rings. The van der Waals surface area contributed by atoms with E-state index in [0.717, 1.165) is 17.1 Å². The lowest BCUT2D eigenvalue weighted by Gasteiger charge is -1.98. The molecule has 0 saturated carbocycles. The van der Waals surface area contributed by atoms with Crippen LogP contribution >= 0.6 is 0 Å². The van der Waals surface area contributed by atoms with Gasteiger partial charge in [-0.05, 0) is 12.1 Å². The lowest BCUT2D eigenvalue weighted by molar-refractivity contribution is 0.413. The first kappa shape index (κ1) is 7.72. The van der Waals surface area contributed by atoms with Crippen molar-refractivity contribution in [3.63, 3.8) is 0 Å². The van der Waals surface area contributed by atoms with Gasteiger partial charge < -0.3 is 4.74 Å². The van der Waals surface area contributed by atoms with Crippen molar-refractivity contribution < 1.29 is 4.74 Å².